The topological polar surface area (TPSA) is 118 Å². The molecule has 1 amide bonds. The van der Waals surface area contributed by atoms with Crippen LogP contribution in [0, 0.1) is 5.41 Å². The molecule has 0 aromatic heterocycles. The lowest BCUT2D eigenvalue weighted by Crippen LogP contribution is -2.44. The van der Waals surface area contributed by atoms with Gasteiger partial charge in [-0.25, -0.2) is 4.79 Å². The molecule has 28 heavy (non-hydrogen) atoms. The zero-order chi connectivity index (χ0) is 20.8. The van der Waals surface area contributed by atoms with E-state index in [-0.39, 0.29) is 25.7 Å². The molecule has 1 aromatic carbocycles. The summed E-state index contributed by atoms with van der Waals surface area (Å²) in [7, 11) is 0. The van der Waals surface area contributed by atoms with Gasteiger partial charge in [0.05, 0.1) is 19.8 Å². The van der Waals surface area contributed by atoms with E-state index in [4.69, 9.17) is 19.7 Å². The fourth-order valence-corrected chi connectivity index (χ4v) is 2.14. The third kappa shape index (κ3) is 10.1. The lowest BCUT2D eigenvalue weighted by atomic mass is 10.1. The minimum Gasteiger partial charge on any atom is -0.466 e. The van der Waals surface area contributed by atoms with Crippen LogP contribution >= 0.6 is 0 Å². The van der Waals surface area contributed by atoms with Crippen LogP contribution in [0.15, 0.2) is 30.3 Å². The number of hydrogen-bond acceptors (Lipinski definition) is 7. The number of guanidine groups is 1. The summed E-state index contributed by atoms with van der Waals surface area (Å²) in [6.45, 7) is 3.42. The first kappa shape index (κ1) is 22.9. The normalized spacial score (nSPS) is 9.93. The summed E-state index contributed by atoms with van der Waals surface area (Å²) >= 11 is 0. The van der Waals surface area contributed by atoms with Crippen molar-refractivity contribution < 1.29 is 28.7 Å². The number of unbranched alkanes of at least 4 members (excludes halogenated alkanes) is 1. The van der Waals surface area contributed by atoms with Gasteiger partial charge in [0.2, 0.25) is 5.96 Å². The van der Waals surface area contributed by atoms with Crippen molar-refractivity contribution >= 4 is 24.0 Å². The van der Waals surface area contributed by atoms with Crippen LogP contribution in [0.4, 0.5) is 4.79 Å². The molecule has 0 fully saturated rings. The number of rotatable bonds is 9. The maximum Gasteiger partial charge on any atom is 0.414 e. The number of nitrogens with one attached hydrogen (secondary N) is 2. The fourth-order valence-electron chi connectivity index (χ4n) is 2.14. The van der Waals surface area contributed by atoms with E-state index in [1.165, 1.54) is 6.92 Å². The van der Waals surface area contributed by atoms with Gasteiger partial charge in [0.15, 0.2) is 0 Å². The smallest absolute Gasteiger partial charge is 0.414 e. The molecule has 9 nitrogen and oxygen atoms in total. The second-order valence-corrected chi connectivity index (χ2v) is 5.80. The summed E-state index contributed by atoms with van der Waals surface area (Å²) in [5, 5.41) is 10.7. The summed E-state index contributed by atoms with van der Waals surface area (Å²) in [6, 6.07) is 9.69. The predicted molar refractivity (Wildman–Crippen MR) is 101 cm³/mol. The number of aryl methyl sites for hydroxylation is 1. The Morgan fingerprint density at radius 2 is 1.71 bits per heavy atom. The highest BCUT2D eigenvalue weighted by Crippen LogP contribution is 2.04. The summed E-state index contributed by atoms with van der Waals surface area (Å²) in [5.74, 6) is -1.25. The minimum absolute atomic E-state index is 0.111. The van der Waals surface area contributed by atoms with Gasteiger partial charge in [-0.2, -0.15) is 5.06 Å². The van der Waals surface area contributed by atoms with E-state index in [0.717, 1.165) is 10.6 Å². The van der Waals surface area contributed by atoms with E-state index in [0.29, 0.717) is 25.7 Å². The van der Waals surface area contributed by atoms with Crippen LogP contribution in [0.25, 0.3) is 0 Å². The molecular weight excluding hydrogens is 366 g/mol. The quantitative estimate of drug-likeness (QED) is 0.217. The molecule has 0 aliphatic rings. The van der Waals surface area contributed by atoms with Crippen molar-refractivity contribution in [2.24, 2.45) is 0 Å². The van der Waals surface area contributed by atoms with Crippen LogP contribution in [-0.2, 0) is 30.3 Å². The zero-order valence-electron chi connectivity index (χ0n) is 16.2. The van der Waals surface area contributed by atoms with Crippen LogP contribution in [0.2, 0.25) is 0 Å². The maximum absolute atomic E-state index is 11.7. The van der Waals surface area contributed by atoms with E-state index in [1.54, 1.807) is 6.92 Å². The van der Waals surface area contributed by atoms with E-state index < -0.39 is 18.0 Å². The molecule has 154 valence electrons. The number of ether oxygens (including phenoxy) is 2. The molecule has 0 aliphatic heterocycles. The average Bonchev–Trinajstić information content (AvgIpc) is 2.67. The molecule has 0 heterocycles. The monoisotopic (exact) mass is 393 g/mol. The molecule has 0 bridgehead atoms. The molecular formula is C19H27N3O6. The van der Waals surface area contributed by atoms with Gasteiger partial charge in [-0.1, -0.05) is 30.3 Å². The van der Waals surface area contributed by atoms with Crippen LogP contribution in [0.5, 0.6) is 0 Å². The van der Waals surface area contributed by atoms with Gasteiger partial charge in [0.25, 0.3) is 0 Å². The number of benzene rings is 1. The van der Waals surface area contributed by atoms with Crippen molar-refractivity contribution in [3.05, 3.63) is 35.9 Å². The Bertz CT molecular complexity index is 650. The first-order valence-electron chi connectivity index (χ1n) is 9.10. The third-order valence-corrected chi connectivity index (χ3v) is 3.49. The molecule has 9 heteroatoms. The second-order valence-electron chi connectivity index (χ2n) is 5.80. The van der Waals surface area contributed by atoms with Gasteiger partial charge >= 0.3 is 18.0 Å². The first-order valence-corrected chi connectivity index (χ1v) is 9.10. The molecule has 2 N–H and O–H groups in total. The largest absolute Gasteiger partial charge is 0.466 e. The van der Waals surface area contributed by atoms with Gasteiger partial charge in [-0.15, -0.1) is 0 Å². The Balaban J connectivity index is 2.08. The highest BCUT2D eigenvalue weighted by Gasteiger charge is 2.14. The summed E-state index contributed by atoms with van der Waals surface area (Å²) in [5.41, 5.74) is 1.08. The predicted octanol–water partition coefficient (Wildman–Crippen LogP) is 2.40. The second kappa shape index (κ2) is 13.1. The number of alkyl carbamates (subject to hydrolysis) is 1. The average molecular weight is 393 g/mol. The lowest BCUT2D eigenvalue weighted by Gasteiger charge is -2.20. The van der Waals surface area contributed by atoms with E-state index in [1.807, 2.05) is 30.3 Å². The maximum atomic E-state index is 11.7. The number of nitrogens with zero attached hydrogens (tertiary/aromatic N) is 1. The molecule has 0 saturated carbocycles. The minimum atomic E-state index is -0.824. The zero-order valence-corrected chi connectivity index (χ0v) is 16.2. The Labute approximate surface area is 164 Å². The standard InChI is InChI=1S/C19H27N3O6/c1-3-22(28-15(2)23)18(20)21-19(25)27-14-8-7-13-26-17(24)12-11-16-9-5-4-6-10-16/h4-6,9-10H,3,7-8,11-14H2,1-2H3,(H2,20,21,25). The molecule has 0 unspecified atom stereocenters. The molecule has 1 rings (SSSR count). The van der Waals surface area contributed by atoms with Crippen LogP contribution < -0.4 is 5.32 Å². The first-order chi connectivity index (χ1) is 13.4. The van der Waals surface area contributed by atoms with Crippen LogP contribution in [-0.4, -0.2) is 48.8 Å². The number of esters is 1. The molecule has 0 saturated heterocycles. The van der Waals surface area contributed by atoms with Gasteiger partial charge in [-0.05, 0) is 31.7 Å². The van der Waals surface area contributed by atoms with Crippen molar-refractivity contribution in [3.8, 4) is 0 Å². The highest BCUT2D eigenvalue weighted by molar-refractivity contribution is 5.92. The number of carbonyl (C=O) groups excluding carboxylic acids is 3. The van der Waals surface area contributed by atoms with Crippen molar-refractivity contribution in [3.63, 3.8) is 0 Å². The lowest BCUT2D eigenvalue weighted by molar-refractivity contribution is -0.170. The van der Waals surface area contributed by atoms with Gasteiger partial charge in [0, 0.05) is 13.3 Å². The van der Waals surface area contributed by atoms with Crippen molar-refractivity contribution in [2.45, 2.75) is 39.5 Å². The molecule has 1 aromatic rings. The SMILES string of the molecule is CCN(OC(C)=O)C(=N)NC(=O)OCCCCOC(=O)CCc1ccccc1. The van der Waals surface area contributed by atoms with Gasteiger partial charge in [0.1, 0.15) is 0 Å². The van der Waals surface area contributed by atoms with Crippen molar-refractivity contribution in [1.29, 1.82) is 5.41 Å². The number of carbonyl (C=O) groups is 3. The number of amides is 1. The molecule has 0 spiro atoms. The van der Waals surface area contributed by atoms with Gasteiger partial charge < -0.3 is 14.3 Å². The fraction of sp³-hybridized carbons (Fsp3) is 0.474. The number of hydrogen-bond donors (Lipinski definition) is 2. The third-order valence-electron chi connectivity index (χ3n) is 3.49. The Morgan fingerprint density at radius 1 is 1.07 bits per heavy atom. The van der Waals surface area contributed by atoms with Crippen molar-refractivity contribution in [1.82, 2.24) is 10.4 Å². The van der Waals surface area contributed by atoms with Crippen molar-refractivity contribution in [2.75, 3.05) is 19.8 Å². The van der Waals surface area contributed by atoms with E-state index >= 15 is 0 Å². The van der Waals surface area contributed by atoms with Crippen LogP contribution in [0.3, 0.4) is 0 Å². The molecule has 0 atom stereocenters. The van der Waals surface area contributed by atoms with E-state index in [2.05, 4.69) is 5.32 Å². The highest BCUT2D eigenvalue weighted by atomic mass is 16.7. The van der Waals surface area contributed by atoms with Crippen LogP contribution in [0.1, 0.15) is 38.7 Å². The Morgan fingerprint density at radius 3 is 2.32 bits per heavy atom. The Hall–Kier alpha value is -3.10. The molecule has 0 radical (unpaired) electrons. The molecule has 0 aliphatic carbocycles. The Kier molecular flexibility index (Phi) is 10.8. The number of hydroxylamine groups is 2. The summed E-state index contributed by atoms with van der Waals surface area (Å²) < 4.78 is 10.1. The summed E-state index contributed by atoms with van der Waals surface area (Å²) in [6.07, 6.45) is 1.19. The van der Waals surface area contributed by atoms with Gasteiger partial charge in [-0.3, -0.25) is 20.3 Å². The summed E-state index contributed by atoms with van der Waals surface area (Å²) in [4.78, 5) is 38.9. The van der Waals surface area contributed by atoms with E-state index in [9.17, 15) is 14.4 Å².